The van der Waals surface area contributed by atoms with Crippen LogP contribution in [0.5, 0.6) is 0 Å². The van der Waals surface area contributed by atoms with Gasteiger partial charge in [0, 0.05) is 12.6 Å². The lowest BCUT2D eigenvalue weighted by Crippen LogP contribution is -2.41. The molecular formula is C14H24N2. The van der Waals surface area contributed by atoms with Crippen LogP contribution in [0.25, 0.3) is 0 Å². The molecule has 0 radical (unpaired) electrons. The van der Waals surface area contributed by atoms with E-state index < -0.39 is 0 Å². The van der Waals surface area contributed by atoms with Crippen molar-refractivity contribution in [2.75, 3.05) is 13.6 Å². The Hall–Kier alpha value is -0.550. The van der Waals surface area contributed by atoms with Crippen LogP contribution in [-0.4, -0.2) is 24.5 Å². The van der Waals surface area contributed by atoms with Gasteiger partial charge >= 0.3 is 0 Å². The highest BCUT2D eigenvalue weighted by Gasteiger charge is 2.29. The van der Waals surface area contributed by atoms with Gasteiger partial charge in [-0.15, -0.1) is 0 Å². The molecule has 0 aromatic rings. The SMILES string of the molecule is CN(CC1CCCC1)C1CCCCC1C#N. The van der Waals surface area contributed by atoms with Crippen molar-refractivity contribution < 1.29 is 0 Å². The highest BCUT2D eigenvalue weighted by Crippen LogP contribution is 2.30. The minimum absolute atomic E-state index is 0.292. The van der Waals surface area contributed by atoms with Gasteiger partial charge in [-0.25, -0.2) is 0 Å². The summed E-state index contributed by atoms with van der Waals surface area (Å²) in [6.07, 6.45) is 10.6. The fourth-order valence-corrected chi connectivity index (χ4v) is 3.53. The van der Waals surface area contributed by atoms with E-state index >= 15 is 0 Å². The Balaban J connectivity index is 1.86. The standard InChI is InChI=1S/C14H24N2/c1-16(11-12-6-2-3-7-12)14-9-5-4-8-13(14)10-15/h12-14H,2-9,11H2,1H3. The van der Waals surface area contributed by atoms with E-state index in [2.05, 4.69) is 18.0 Å². The normalized spacial score (nSPS) is 31.8. The van der Waals surface area contributed by atoms with Gasteiger partial charge in [0.1, 0.15) is 0 Å². The van der Waals surface area contributed by atoms with E-state index in [9.17, 15) is 5.26 Å². The molecule has 0 N–H and O–H groups in total. The first-order valence-electron chi connectivity index (χ1n) is 6.91. The summed E-state index contributed by atoms with van der Waals surface area (Å²) in [6, 6.07) is 3.06. The van der Waals surface area contributed by atoms with Crippen molar-refractivity contribution in [3.8, 4) is 6.07 Å². The predicted molar refractivity (Wildman–Crippen MR) is 65.9 cm³/mol. The fourth-order valence-electron chi connectivity index (χ4n) is 3.53. The monoisotopic (exact) mass is 220 g/mol. The van der Waals surface area contributed by atoms with Crippen LogP contribution in [0.4, 0.5) is 0 Å². The molecule has 2 aliphatic carbocycles. The van der Waals surface area contributed by atoms with Gasteiger partial charge in [-0.05, 0) is 38.6 Å². The molecule has 0 aliphatic heterocycles. The molecule has 2 unspecified atom stereocenters. The zero-order valence-corrected chi connectivity index (χ0v) is 10.5. The Kier molecular flexibility index (Phi) is 4.23. The molecule has 16 heavy (non-hydrogen) atoms. The van der Waals surface area contributed by atoms with Crippen molar-refractivity contribution in [2.24, 2.45) is 11.8 Å². The third-order valence-corrected chi connectivity index (χ3v) is 4.48. The van der Waals surface area contributed by atoms with E-state index in [1.807, 2.05) is 0 Å². The van der Waals surface area contributed by atoms with Gasteiger partial charge in [0.05, 0.1) is 12.0 Å². The van der Waals surface area contributed by atoms with Crippen molar-refractivity contribution in [3.63, 3.8) is 0 Å². The predicted octanol–water partition coefficient (Wildman–Crippen LogP) is 3.19. The summed E-state index contributed by atoms with van der Waals surface area (Å²) in [5.41, 5.74) is 0. The van der Waals surface area contributed by atoms with Gasteiger partial charge in [-0.3, -0.25) is 0 Å². The van der Waals surface area contributed by atoms with Crippen LogP contribution in [-0.2, 0) is 0 Å². The molecule has 2 rings (SSSR count). The average molecular weight is 220 g/mol. The molecule has 2 fully saturated rings. The molecule has 0 spiro atoms. The molecule has 2 heteroatoms. The molecule has 2 saturated carbocycles. The van der Waals surface area contributed by atoms with Crippen molar-refractivity contribution in [3.05, 3.63) is 0 Å². The zero-order chi connectivity index (χ0) is 11.4. The fraction of sp³-hybridized carbons (Fsp3) is 0.929. The minimum atomic E-state index is 0.292. The Bertz CT molecular complexity index is 250. The molecule has 0 amide bonds. The van der Waals surface area contributed by atoms with Gasteiger partial charge in [-0.2, -0.15) is 5.26 Å². The smallest absolute Gasteiger partial charge is 0.0672 e. The lowest BCUT2D eigenvalue weighted by molar-refractivity contribution is 0.138. The second kappa shape index (κ2) is 5.68. The largest absolute Gasteiger partial charge is 0.302 e. The summed E-state index contributed by atoms with van der Waals surface area (Å²) in [6.45, 7) is 1.23. The number of rotatable bonds is 3. The van der Waals surface area contributed by atoms with E-state index in [0.717, 1.165) is 12.3 Å². The summed E-state index contributed by atoms with van der Waals surface area (Å²) < 4.78 is 0. The summed E-state index contributed by atoms with van der Waals surface area (Å²) >= 11 is 0. The first kappa shape index (κ1) is 11.9. The van der Waals surface area contributed by atoms with Crippen LogP contribution in [0.15, 0.2) is 0 Å². The first-order valence-corrected chi connectivity index (χ1v) is 6.91. The molecule has 2 aliphatic rings. The quantitative estimate of drug-likeness (QED) is 0.730. The van der Waals surface area contributed by atoms with Crippen LogP contribution in [0.1, 0.15) is 51.4 Å². The van der Waals surface area contributed by atoms with Gasteiger partial charge in [0.2, 0.25) is 0 Å². The number of nitriles is 1. The van der Waals surface area contributed by atoms with Crippen molar-refractivity contribution in [2.45, 2.75) is 57.4 Å². The van der Waals surface area contributed by atoms with Gasteiger partial charge in [0.25, 0.3) is 0 Å². The second-order valence-corrected chi connectivity index (χ2v) is 5.68. The van der Waals surface area contributed by atoms with E-state index in [0.29, 0.717) is 12.0 Å². The van der Waals surface area contributed by atoms with Crippen LogP contribution in [0.2, 0.25) is 0 Å². The molecule has 0 aromatic carbocycles. The lowest BCUT2D eigenvalue weighted by atomic mass is 9.84. The number of nitrogens with zero attached hydrogens (tertiary/aromatic N) is 2. The van der Waals surface area contributed by atoms with E-state index in [-0.39, 0.29) is 0 Å². The molecule has 90 valence electrons. The van der Waals surface area contributed by atoms with Crippen molar-refractivity contribution >= 4 is 0 Å². The number of hydrogen-bond donors (Lipinski definition) is 0. The third kappa shape index (κ3) is 2.77. The van der Waals surface area contributed by atoms with E-state index in [1.165, 1.54) is 51.5 Å². The molecule has 0 bridgehead atoms. The molecule has 2 nitrogen and oxygen atoms in total. The second-order valence-electron chi connectivity index (χ2n) is 5.68. The van der Waals surface area contributed by atoms with E-state index in [4.69, 9.17) is 0 Å². The molecule has 0 heterocycles. The van der Waals surface area contributed by atoms with Gasteiger partial charge in [-0.1, -0.05) is 25.7 Å². The zero-order valence-electron chi connectivity index (χ0n) is 10.5. The average Bonchev–Trinajstić information content (AvgIpc) is 2.81. The van der Waals surface area contributed by atoms with Crippen LogP contribution in [0.3, 0.4) is 0 Å². The van der Waals surface area contributed by atoms with E-state index in [1.54, 1.807) is 0 Å². The summed E-state index contributed by atoms with van der Waals surface area (Å²) in [5, 5.41) is 9.19. The Morgan fingerprint density at radius 1 is 1.06 bits per heavy atom. The third-order valence-electron chi connectivity index (χ3n) is 4.48. The summed E-state index contributed by atoms with van der Waals surface area (Å²) in [5.74, 6) is 1.20. The van der Waals surface area contributed by atoms with Crippen molar-refractivity contribution in [1.29, 1.82) is 5.26 Å². The molecular weight excluding hydrogens is 196 g/mol. The minimum Gasteiger partial charge on any atom is -0.302 e. The Labute approximate surface area is 99.6 Å². The Morgan fingerprint density at radius 3 is 2.38 bits per heavy atom. The van der Waals surface area contributed by atoms with Crippen LogP contribution >= 0.6 is 0 Å². The van der Waals surface area contributed by atoms with Crippen LogP contribution in [0, 0.1) is 23.2 Å². The maximum atomic E-state index is 9.19. The first-order chi connectivity index (χ1) is 7.81. The van der Waals surface area contributed by atoms with Crippen LogP contribution < -0.4 is 0 Å². The maximum Gasteiger partial charge on any atom is 0.0672 e. The topological polar surface area (TPSA) is 27.0 Å². The number of hydrogen-bond acceptors (Lipinski definition) is 2. The van der Waals surface area contributed by atoms with Gasteiger partial charge in [0.15, 0.2) is 0 Å². The lowest BCUT2D eigenvalue weighted by Gasteiger charge is -2.36. The van der Waals surface area contributed by atoms with Crippen molar-refractivity contribution in [1.82, 2.24) is 4.90 Å². The maximum absolute atomic E-state index is 9.19. The molecule has 0 aromatic heterocycles. The summed E-state index contributed by atoms with van der Waals surface area (Å²) in [4.78, 5) is 2.49. The summed E-state index contributed by atoms with van der Waals surface area (Å²) in [7, 11) is 2.23. The molecule has 2 atom stereocenters. The molecule has 0 saturated heterocycles. The highest BCUT2D eigenvalue weighted by atomic mass is 15.1. The van der Waals surface area contributed by atoms with Gasteiger partial charge < -0.3 is 4.90 Å². The Morgan fingerprint density at radius 2 is 1.69 bits per heavy atom. The highest BCUT2D eigenvalue weighted by molar-refractivity contribution is 4.95.